The second kappa shape index (κ2) is 6.38. The molecule has 0 aliphatic rings. The van der Waals surface area contributed by atoms with Crippen molar-refractivity contribution < 1.29 is 4.74 Å². The first-order valence-electron chi connectivity index (χ1n) is 3.41. The molecule has 0 heterocycles. The Morgan fingerprint density at radius 3 is 2.80 bits per heavy atom. The van der Waals surface area contributed by atoms with Crippen molar-refractivity contribution in [2.24, 2.45) is 5.92 Å². The van der Waals surface area contributed by atoms with E-state index in [1.165, 1.54) is 0 Å². The van der Waals surface area contributed by atoms with E-state index < -0.39 is 0 Å². The lowest BCUT2D eigenvalue weighted by molar-refractivity contribution is 0.174. The fourth-order valence-corrected chi connectivity index (χ4v) is 0.686. The number of hydrogen-bond acceptors (Lipinski definition) is 1. The molecule has 1 atom stereocenters. The zero-order chi connectivity index (χ0) is 7.82. The van der Waals surface area contributed by atoms with Gasteiger partial charge in [0, 0.05) is 13.0 Å². The van der Waals surface area contributed by atoms with Gasteiger partial charge in [-0.05, 0) is 13.3 Å². The van der Waals surface area contributed by atoms with E-state index in [1.807, 2.05) is 13.0 Å². The van der Waals surface area contributed by atoms with Crippen LogP contribution in [-0.4, -0.2) is 13.7 Å². The van der Waals surface area contributed by atoms with Gasteiger partial charge in [-0.15, -0.1) is 12.3 Å². The molecule has 1 nitrogen and oxygen atoms in total. The summed E-state index contributed by atoms with van der Waals surface area (Å²) in [5, 5.41) is 0. The molecule has 0 saturated heterocycles. The highest BCUT2D eigenvalue weighted by molar-refractivity contribution is 4.97. The van der Waals surface area contributed by atoms with Crippen LogP contribution in [0.2, 0.25) is 0 Å². The van der Waals surface area contributed by atoms with Gasteiger partial charge in [0.1, 0.15) is 0 Å². The van der Waals surface area contributed by atoms with Crippen molar-refractivity contribution in [1.82, 2.24) is 0 Å². The van der Waals surface area contributed by atoms with Gasteiger partial charge in [-0.3, -0.25) is 0 Å². The van der Waals surface area contributed by atoms with Gasteiger partial charge in [0.2, 0.25) is 0 Å². The highest BCUT2D eigenvalue weighted by Crippen LogP contribution is 2.01. The summed E-state index contributed by atoms with van der Waals surface area (Å²) in [5.41, 5.74) is 0. The molecule has 0 aromatic carbocycles. The van der Waals surface area contributed by atoms with Gasteiger partial charge < -0.3 is 4.74 Å². The van der Waals surface area contributed by atoms with Gasteiger partial charge in [0.25, 0.3) is 0 Å². The van der Waals surface area contributed by atoms with Crippen LogP contribution in [-0.2, 0) is 4.74 Å². The lowest BCUT2D eigenvalue weighted by atomic mass is 10.1. The number of allylic oxidation sites excluding steroid dienone is 2. The second-order valence-corrected chi connectivity index (χ2v) is 2.12. The quantitative estimate of drug-likeness (QED) is 0.425. The minimum atomic E-state index is 0.237. The maximum Gasteiger partial charge on any atom is 0.0603 e. The standard InChI is InChI=1S/C9H14O/c1-4-6-7-9(5-2)8-10-3/h2,4,6,9H,7-8H2,1,3H3/b6-4-. The zero-order valence-electron chi connectivity index (χ0n) is 6.63. The highest BCUT2D eigenvalue weighted by atomic mass is 16.5. The zero-order valence-corrected chi connectivity index (χ0v) is 6.63. The summed E-state index contributed by atoms with van der Waals surface area (Å²) in [7, 11) is 1.67. The molecule has 56 valence electrons. The summed E-state index contributed by atoms with van der Waals surface area (Å²) in [4.78, 5) is 0. The molecule has 0 aromatic rings. The van der Waals surface area contributed by atoms with Crippen molar-refractivity contribution in [2.75, 3.05) is 13.7 Å². The maximum atomic E-state index is 5.24. The molecule has 0 fully saturated rings. The van der Waals surface area contributed by atoms with Crippen LogP contribution >= 0.6 is 0 Å². The maximum absolute atomic E-state index is 5.24. The topological polar surface area (TPSA) is 9.23 Å². The van der Waals surface area contributed by atoms with Crippen LogP contribution in [0.5, 0.6) is 0 Å². The van der Waals surface area contributed by atoms with Crippen LogP contribution in [0.1, 0.15) is 13.3 Å². The number of ether oxygens (including phenoxy) is 1. The molecule has 0 spiro atoms. The third-order valence-corrected chi connectivity index (χ3v) is 1.26. The minimum absolute atomic E-state index is 0.237. The van der Waals surface area contributed by atoms with Gasteiger partial charge in [-0.25, -0.2) is 0 Å². The molecule has 0 aliphatic carbocycles. The molecule has 0 radical (unpaired) electrons. The summed E-state index contributed by atoms with van der Waals surface area (Å²) in [6.07, 6.45) is 10.2. The molecular formula is C9H14O. The molecule has 0 amide bonds. The van der Waals surface area contributed by atoms with Crippen LogP contribution < -0.4 is 0 Å². The Labute approximate surface area is 63.1 Å². The molecule has 0 aliphatic heterocycles. The van der Waals surface area contributed by atoms with Gasteiger partial charge in [-0.2, -0.15) is 0 Å². The molecule has 0 N–H and O–H groups in total. The number of rotatable bonds is 4. The molecular weight excluding hydrogens is 124 g/mol. The molecule has 1 unspecified atom stereocenters. The summed E-state index contributed by atoms with van der Waals surface area (Å²) in [6, 6.07) is 0. The van der Waals surface area contributed by atoms with E-state index in [0.29, 0.717) is 6.61 Å². The average Bonchev–Trinajstić information content (AvgIpc) is 1.98. The lowest BCUT2D eigenvalue weighted by Gasteiger charge is -2.04. The summed E-state index contributed by atoms with van der Waals surface area (Å²) >= 11 is 0. The number of terminal acetylenes is 1. The van der Waals surface area contributed by atoms with Crippen molar-refractivity contribution in [3.05, 3.63) is 12.2 Å². The van der Waals surface area contributed by atoms with E-state index in [9.17, 15) is 0 Å². The fraction of sp³-hybridized carbons (Fsp3) is 0.556. The lowest BCUT2D eigenvalue weighted by Crippen LogP contribution is -2.03. The predicted molar refractivity (Wildman–Crippen MR) is 43.6 cm³/mol. The molecule has 10 heavy (non-hydrogen) atoms. The van der Waals surface area contributed by atoms with Crippen LogP contribution in [0.15, 0.2) is 12.2 Å². The molecule has 0 aromatic heterocycles. The average molecular weight is 138 g/mol. The Balaban J connectivity index is 3.52. The van der Waals surface area contributed by atoms with E-state index >= 15 is 0 Å². The Kier molecular flexibility index (Phi) is 5.91. The minimum Gasteiger partial charge on any atom is -0.383 e. The Bertz CT molecular complexity index is 130. The fourth-order valence-electron chi connectivity index (χ4n) is 0.686. The second-order valence-electron chi connectivity index (χ2n) is 2.12. The van der Waals surface area contributed by atoms with Gasteiger partial charge in [0.15, 0.2) is 0 Å². The first-order valence-corrected chi connectivity index (χ1v) is 3.41. The summed E-state index contributed by atoms with van der Waals surface area (Å²) in [5.74, 6) is 2.90. The molecule has 1 heteroatoms. The van der Waals surface area contributed by atoms with Crippen molar-refractivity contribution in [2.45, 2.75) is 13.3 Å². The first kappa shape index (κ1) is 9.26. The smallest absolute Gasteiger partial charge is 0.0603 e. The number of methoxy groups -OCH3 is 1. The van der Waals surface area contributed by atoms with Crippen LogP contribution in [0.3, 0.4) is 0 Å². The van der Waals surface area contributed by atoms with E-state index in [-0.39, 0.29) is 5.92 Å². The third-order valence-electron chi connectivity index (χ3n) is 1.26. The van der Waals surface area contributed by atoms with E-state index in [1.54, 1.807) is 7.11 Å². The molecule has 0 rings (SSSR count). The summed E-state index contributed by atoms with van der Waals surface area (Å²) in [6.45, 7) is 2.64. The van der Waals surface area contributed by atoms with Crippen molar-refractivity contribution in [1.29, 1.82) is 0 Å². The normalized spacial score (nSPS) is 13.3. The Morgan fingerprint density at radius 1 is 1.70 bits per heavy atom. The van der Waals surface area contributed by atoms with Crippen molar-refractivity contribution in [3.63, 3.8) is 0 Å². The monoisotopic (exact) mass is 138 g/mol. The van der Waals surface area contributed by atoms with Crippen molar-refractivity contribution in [3.8, 4) is 12.3 Å². The first-order chi connectivity index (χ1) is 4.85. The highest BCUT2D eigenvalue weighted by Gasteiger charge is 1.99. The van der Waals surface area contributed by atoms with Crippen LogP contribution in [0.4, 0.5) is 0 Å². The van der Waals surface area contributed by atoms with Gasteiger partial charge in [0.05, 0.1) is 6.61 Å². The predicted octanol–water partition coefficient (Wildman–Crippen LogP) is 1.85. The van der Waals surface area contributed by atoms with Crippen molar-refractivity contribution >= 4 is 0 Å². The SMILES string of the molecule is C#CC(C/C=C\C)COC. The summed E-state index contributed by atoms with van der Waals surface area (Å²) < 4.78 is 4.92. The molecule has 0 saturated carbocycles. The Morgan fingerprint density at radius 2 is 2.40 bits per heavy atom. The largest absolute Gasteiger partial charge is 0.383 e. The van der Waals surface area contributed by atoms with E-state index in [4.69, 9.17) is 11.2 Å². The van der Waals surface area contributed by atoms with Crippen LogP contribution in [0, 0.1) is 18.3 Å². The van der Waals surface area contributed by atoms with Crippen LogP contribution in [0.25, 0.3) is 0 Å². The van der Waals surface area contributed by atoms with E-state index in [0.717, 1.165) is 6.42 Å². The van der Waals surface area contributed by atoms with Gasteiger partial charge in [-0.1, -0.05) is 12.2 Å². The van der Waals surface area contributed by atoms with E-state index in [2.05, 4.69) is 12.0 Å². The molecule has 0 bridgehead atoms. The number of hydrogen-bond donors (Lipinski definition) is 0. The third kappa shape index (κ3) is 4.17. The Hall–Kier alpha value is -0.740. The van der Waals surface area contributed by atoms with Gasteiger partial charge >= 0.3 is 0 Å².